The van der Waals surface area contributed by atoms with Gasteiger partial charge in [0, 0.05) is 16.3 Å². The van der Waals surface area contributed by atoms with Crippen molar-refractivity contribution in [2.24, 2.45) is 0 Å². The van der Waals surface area contributed by atoms with E-state index in [4.69, 9.17) is 0 Å². The Balaban J connectivity index is 2.79. The molecule has 12 heavy (non-hydrogen) atoms. The maximum absolute atomic E-state index is 3.42. The van der Waals surface area contributed by atoms with Gasteiger partial charge in [-0.25, -0.2) is 0 Å². The van der Waals surface area contributed by atoms with Crippen LogP contribution in [0.4, 0.5) is 0 Å². The maximum atomic E-state index is 3.42. The first kappa shape index (κ1) is 9.48. The van der Waals surface area contributed by atoms with Gasteiger partial charge < -0.3 is 5.32 Å². The lowest BCUT2D eigenvalue weighted by atomic mass is 10.1. The second kappa shape index (κ2) is 4.43. The van der Waals surface area contributed by atoms with Crippen LogP contribution in [0.2, 0.25) is 0 Å². The average molecular weight is 179 g/mol. The molecule has 0 amide bonds. The van der Waals surface area contributed by atoms with Crippen LogP contribution >= 0.6 is 0 Å². The molecule has 0 aliphatic heterocycles. The number of benzene rings is 1. The first-order valence-electron chi connectivity index (χ1n) is 4.54. The molecule has 0 saturated heterocycles. The van der Waals surface area contributed by atoms with E-state index in [1.54, 1.807) is 0 Å². The van der Waals surface area contributed by atoms with Gasteiger partial charge in [0.1, 0.15) is 0 Å². The predicted octanol–water partition coefficient (Wildman–Crippen LogP) is 0.348. The van der Waals surface area contributed by atoms with E-state index in [1.165, 1.54) is 10.8 Å². The lowest BCUT2D eigenvalue weighted by Gasteiger charge is -2.14. The van der Waals surface area contributed by atoms with Gasteiger partial charge in [-0.2, -0.15) is 0 Å². The first-order chi connectivity index (χ1) is 5.75. The molecule has 66 valence electrons. The maximum Gasteiger partial charge on any atom is 0.0389 e. The van der Waals surface area contributed by atoms with Crippen molar-refractivity contribution in [3.63, 3.8) is 0 Å². The summed E-state index contributed by atoms with van der Waals surface area (Å²) in [4.78, 5) is 0. The SMILES string of the molecule is CCNC(C)c1ccccc1[SiH3]. The second-order valence-electron chi connectivity index (χ2n) is 3.14. The van der Waals surface area contributed by atoms with Crippen molar-refractivity contribution in [1.29, 1.82) is 0 Å². The van der Waals surface area contributed by atoms with Crippen molar-refractivity contribution in [3.05, 3.63) is 29.8 Å². The highest BCUT2D eigenvalue weighted by Gasteiger charge is 2.04. The summed E-state index contributed by atoms with van der Waals surface area (Å²) >= 11 is 0. The largest absolute Gasteiger partial charge is 0.310 e. The van der Waals surface area contributed by atoms with Crippen molar-refractivity contribution in [3.8, 4) is 0 Å². The molecule has 0 aliphatic carbocycles. The van der Waals surface area contributed by atoms with Crippen LogP contribution < -0.4 is 10.5 Å². The molecule has 0 radical (unpaired) electrons. The van der Waals surface area contributed by atoms with Crippen molar-refractivity contribution >= 4 is 15.4 Å². The average Bonchev–Trinajstić information content (AvgIpc) is 2.05. The summed E-state index contributed by atoms with van der Waals surface area (Å²) in [6.45, 7) is 5.41. The highest BCUT2D eigenvalue weighted by molar-refractivity contribution is 6.33. The molecule has 0 spiro atoms. The first-order valence-corrected chi connectivity index (χ1v) is 5.54. The Hall–Kier alpha value is -0.603. The molecular weight excluding hydrogens is 162 g/mol. The topological polar surface area (TPSA) is 12.0 Å². The van der Waals surface area contributed by atoms with Crippen molar-refractivity contribution in [1.82, 2.24) is 5.32 Å². The van der Waals surface area contributed by atoms with Crippen LogP contribution in [0.15, 0.2) is 24.3 Å². The minimum Gasteiger partial charge on any atom is -0.310 e. The lowest BCUT2D eigenvalue weighted by molar-refractivity contribution is 0.601. The molecular formula is C10H17NSi. The smallest absolute Gasteiger partial charge is 0.0389 e. The monoisotopic (exact) mass is 179 g/mol. The van der Waals surface area contributed by atoms with Crippen molar-refractivity contribution in [2.75, 3.05) is 6.54 Å². The van der Waals surface area contributed by atoms with E-state index in [2.05, 4.69) is 43.4 Å². The van der Waals surface area contributed by atoms with Crippen LogP contribution in [0.1, 0.15) is 25.5 Å². The lowest BCUT2D eigenvalue weighted by Crippen LogP contribution is -2.23. The van der Waals surface area contributed by atoms with Gasteiger partial charge in [-0.05, 0) is 19.0 Å². The van der Waals surface area contributed by atoms with Gasteiger partial charge in [0.2, 0.25) is 0 Å². The molecule has 0 bridgehead atoms. The Labute approximate surface area is 77.6 Å². The molecule has 1 atom stereocenters. The summed E-state index contributed by atoms with van der Waals surface area (Å²) in [5.74, 6) is 0. The van der Waals surface area contributed by atoms with Crippen LogP contribution in [-0.4, -0.2) is 16.8 Å². The molecule has 1 N–H and O–H groups in total. The van der Waals surface area contributed by atoms with Crippen LogP contribution in [0, 0.1) is 0 Å². The molecule has 1 aromatic carbocycles. The van der Waals surface area contributed by atoms with Crippen molar-refractivity contribution in [2.45, 2.75) is 19.9 Å². The number of rotatable bonds is 3. The van der Waals surface area contributed by atoms with E-state index in [0.29, 0.717) is 6.04 Å². The van der Waals surface area contributed by atoms with Gasteiger partial charge >= 0.3 is 0 Å². The number of hydrogen-bond donors (Lipinski definition) is 1. The van der Waals surface area contributed by atoms with Crippen LogP contribution in [0.5, 0.6) is 0 Å². The van der Waals surface area contributed by atoms with Gasteiger partial charge in [-0.1, -0.05) is 36.4 Å². The van der Waals surface area contributed by atoms with E-state index < -0.39 is 0 Å². The van der Waals surface area contributed by atoms with E-state index in [0.717, 1.165) is 16.8 Å². The molecule has 0 aliphatic rings. The quantitative estimate of drug-likeness (QED) is 0.660. The molecule has 0 aromatic heterocycles. The molecule has 0 fully saturated rings. The van der Waals surface area contributed by atoms with E-state index >= 15 is 0 Å². The van der Waals surface area contributed by atoms with Gasteiger partial charge in [-0.3, -0.25) is 0 Å². The Kier molecular flexibility index (Phi) is 3.50. The zero-order valence-electron chi connectivity index (χ0n) is 8.09. The van der Waals surface area contributed by atoms with E-state index in [1.807, 2.05) is 0 Å². The molecule has 1 unspecified atom stereocenters. The molecule has 0 heterocycles. The fourth-order valence-corrected chi connectivity index (χ4v) is 2.28. The van der Waals surface area contributed by atoms with E-state index in [-0.39, 0.29) is 0 Å². The molecule has 0 saturated carbocycles. The molecule has 1 aromatic rings. The number of hydrogen-bond acceptors (Lipinski definition) is 1. The standard InChI is InChI=1S/C10H17NSi/c1-3-11-8(2)9-6-4-5-7-10(9)12/h4-8,11H,3H2,1-2,12H3. The minimum atomic E-state index is 0.503. The molecule has 1 rings (SSSR count). The zero-order chi connectivity index (χ0) is 8.97. The third-order valence-electron chi connectivity index (χ3n) is 2.17. The summed E-state index contributed by atoms with van der Waals surface area (Å²) in [5.41, 5.74) is 1.46. The molecule has 2 heteroatoms. The highest BCUT2D eigenvalue weighted by atomic mass is 28.1. The van der Waals surface area contributed by atoms with Gasteiger partial charge in [0.05, 0.1) is 0 Å². The Morgan fingerprint density at radius 1 is 1.42 bits per heavy atom. The van der Waals surface area contributed by atoms with Gasteiger partial charge in [0.25, 0.3) is 0 Å². The number of nitrogens with one attached hydrogen (secondary N) is 1. The normalized spacial score (nSPS) is 13.2. The fourth-order valence-electron chi connectivity index (χ4n) is 1.49. The summed E-state index contributed by atoms with van der Waals surface area (Å²) in [6.07, 6.45) is 0. The summed E-state index contributed by atoms with van der Waals surface area (Å²) in [7, 11) is 1.14. The Morgan fingerprint density at radius 3 is 2.67 bits per heavy atom. The highest BCUT2D eigenvalue weighted by Crippen LogP contribution is 2.07. The fraction of sp³-hybridized carbons (Fsp3) is 0.400. The minimum absolute atomic E-state index is 0.503. The molecule has 1 nitrogen and oxygen atoms in total. The van der Waals surface area contributed by atoms with Gasteiger partial charge in [-0.15, -0.1) is 0 Å². The second-order valence-corrected chi connectivity index (χ2v) is 4.21. The third kappa shape index (κ3) is 2.19. The van der Waals surface area contributed by atoms with E-state index in [9.17, 15) is 0 Å². The summed E-state index contributed by atoms with van der Waals surface area (Å²) < 4.78 is 0. The van der Waals surface area contributed by atoms with Crippen LogP contribution in [-0.2, 0) is 0 Å². The van der Waals surface area contributed by atoms with Crippen LogP contribution in [0.3, 0.4) is 0 Å². The summed E-state index contributed by atoms with van der Waals surface area (Å²) in [6, 6.07) is 9.17. The van der Waals surface area contributed by atoms with Crippen LogP contribution in [0.25, 0.3) is 0 Å². The third-order valence-corrected chi connectivity index (χ3v) is 3.08. The Bertz CT molecular complexity index is 247. The zero-order valence-corrected chi connectivity index (χ0v) is 10.1. The predicted molar refractivity (Wildman–Crippen MR) is 58.1 cm³/mol. The Morgan fingerprint density at radius 2 is 2.08 bits per heavy atom. The summed E-state index contributed by atoms with van der Waals surface area (Å²) in [5, 5.41) is 4.93. The van der Waals surface area contributed by atoms with Gasteiger partial charge in [0.15, 0.2) is 0 Å². The van der Waals surface area contributed by atoms with Crippen molar-refractivity contribution < 1.29 is 0 Å².